The van der Waals surface area contributed by atoms with Crippen molar-refractivity contribution in [2.24, 2.45) is 0 Å². The van der Waals surface area contributed by atoms with Crippen molar-refractivity contribution in [1.29, 1.82) is 0 Å². The maximum absolute atomic E-state index is 14.3. The molecule has 0 spiro atoms. The molecule has 8 nitrogen and oxygen atoms in total. The molecular formula is C14H16F4N4O4. The minimum atomic E-state index is -5.00. The molecule has 2 aliphatic heterocycles. The van der Waals surface area contributed by atoms with E-state index in [2.05, 4.69) is 0 Å². The number of carbonyl (C=O) groups excluding carboxylic acids is 1. The molecule has 12 heteroatoms. The Bertz CT molecular complexity index is 669. The van der Waals surface area contributed by atoms with Crippen LogP contribution in [0, 0.1) is 5.82 Å². The number of hydrogen-bond donors (Lipinski definition) is 2. The van der Waals surface area contributed by atoms with Crippen molar-refractivity contribution in [3.63, 3.8) is 0 Å². The third-order valence-corrected chi connectivity index (χ3v) is 3.90. The number of hydrazine groups is 1. The first-order chi connectivity index (χ1) is 12.3. The summed E-state index contributed by atoms with van der Waals surface area (Å²) in [5.41, 5.74) is 0.573. The van der Waals surface area contributed by atoms with Gasteiger partial charge in [0.15, 0.2) is 0 Å². The van der Waals surface area contributed by atoms with Crippen molar-refractivity contribution in [3.8, 4) is 0 Å². The number of nitrogens with one attached hydrogen (secondary N) is 1. The molecule has 2 saturated heterocycles. The summed E-state index contributed by atoms with van der Waals surface area (Å²) in [5, 5.41) is 12.9. The summed E-state index contributed by atoms with van der Waals surface area (Å²) < 4.78 is 56.0. The van der Waals surface area contributed by atoms with Gasteiger partial charge in [-0.25, -0.2) is 9.23 Å². The Labute approximate surface area is 145 Å². The summed E-state index contributed by atoms with van der Waals surface area (Å²) >= 11 is 0. The van der Waals surface area contributed by atoms with E-state index >= 15 is 0 Å². The average Bonchev–Trinajstić information content (AvgIpc) is 3.21. The summed E-state index contributed by atoms with van der Waals surface area (Å²) in [6, 6.07) is 4.20. The zero-order valence-corrected chi connectivity index (χ0v) is 13.4. The molecule has 144 valence electrons. The van der Waals surface area contributed by atoms with Crippen LogP contribution >= 0.6 is 0 Å². The highest BCUT2D eigenvalue weighted by molar-refractivity contribution is 5.81. The number of halogens is 4. The Morgan fingerprint density at radius 2 is 2.15 bits per heavy atom. The van der Waals surface area contributed by atoms with Crippen LogP contribution in [0.4, 0.5) is 28.9 Å². The molecule has 2 N–H and O–H groups in total. The zero-order valence-electron chi connectivity index (χ0n) is 13.4. The van der Waals surface area contributed by atoms with Gasteiger partial charge in [0, 0.05) is 24.5 Å². The van der Waals surface area contributed by atoms with Crippen LogP contribution in [0.5, 0.6) is 0 Å². The molecule has 0 radical (unpaired) electrons. The van der Waals surface area contributed by atoms with E-state index in [4.69, 9.17) is 9.57 Å². The van der Waals surface area contributed by atoms with Crippen molar-refractivity contribution in [2.45, 2.75) is 12.3 Å². The molecule has 1 atom stereocenters. The Morgan fingerprint density at radius 3 is 2.77 bits per heavy atom. The Kier molecular flexibility index (Phi) is 5.18. The third kappa shape index (κ3) is 3.98. The molecule has 1 aromatic rings. The predicted octanol–water partition coefficient (Wildman–Crippen LogP) is 1.02. The Balaban J connectivity index is 1.62. The van der Waals surface area contributed by atoms with E-state index in [0.29, 0.717) is 24.2 Å². The number of rotatable bonds is 4. The van der Waals surface area contributed by atoms with Crippen molar-refractivity contribution in [3.05, 3.63) is 24.0 Å². The highest BCUT2D eigenvalue weighted by Crippen LogP contribution is 2.29. The number of hydrogen-bond acceptors (Lipinski definition) is 7. The van der Waals surface area contributed by atoms with Crippen LogP contribution in [0.15, 0.2) is 18.2 Å². The molecule has 0 saturated carbocycles. The molecule has 2 heterocycles. The van der Waals surface area contributed by atoms with Gasteiger partial charge in [0.2, 0.25) is 0 Å². The number of alkyl halides is 3. The molecule has 0 aliphatic carbocycles. The number of benzene rings is 1. The number of amides is 1. The second kappa shape index (κ2) is 7.23. The van der Waals surface area contributed by atoms with Crippen LogP contribution in [0.2, 0.25) is 0 Å². The van der Waals surface area contributed by atoms with Gasteiger partial charge in [-0.3, -0.25) is 15.0 Å². The molecule has 0 unspecified atom stereocenters. The molecule has 0 aromatic heterocycles. The molecule has 1 amide bonds. The lowest BCUT2D eigenvalue weighted by atomic mass is 10.2. The molecule has 2 aliphatic rings. The molecule has 1 aromatic carbocycles. The summed E-state index contributed by atoms with van der Waals surface area (Å²) in [5.74, 6) is -2.65. The minimum absolute atomic E-state index is 0.0831. The normalized spacial score (nSPS) is 21.5. The fraction of sp³-hybridized carbons (Fsp3) is 0.500. The van der Waals surface area contributed by atoms with Crippen molar-refractivity contribution >= 4 is 17.3 Å². The number of nitrogens with zero attached hydrogens (tertiary/aromatic N) is 3. The van der Waals surface area contributed by atoms with Crippen LogP contribution in [-0.4, -0.2) is 61.7 Å². The topological polar surface area (TPSA) is 77.5 Å². The summed E-state index contributed by atoms with van der Waals surface area (Å²) in [6.07, 6.45) is -5.95. The van der Waals surface area contributed by atoms with E-state index < -0.39 is 30.5 Å². The van der Waals surface area contributed by atoms with Crippen molar-refractivity contribution < 1.29 is 37.1 Å². The minimum Gasteiger partial charge on any atom is -0.359 e. The fourth-order valence-electron chi connectivity index (χ4n) is 2.62. The highest BCUT2D eigenvalue weighted by atomic mass is 19.4. The standard InChI is InChI=1S/C14H16F4N4O4/c15-11-5-9(1-2-12(11)20-3-4-25-8-20)21-7-10(26-22(21)24)6-19-13(23)14(16,17)18/h1-2,5,10,24H,3-4,6-8H2,(H,19,23)/t10-/m0/s1. The molecule has 0 bridgehead atoms. The van der Waals surface area contributed by atoms with E-state index in [9.17, 15) is 27.6 Å². The predicted molar refractivity (Wildman–Crippen MR) is 79.5 cm³/mol. The van der Waals surface area contributed by atoms with Crippen LogP contribution in [0.1, 0.15) is 0 Å². The van der Waals surface area contributed by atoms with Gasteiger partial charge < -0.3 is 15.0 Å². The average molecular weight is 380 g/mol. The zero-order chi connectivity index (χ0) is 18.9. The smallest absolute Gasteiger partial charge is 0.359 e. The second-order valence-corrected chi connectivity index (χ2v) is 5.71. The quantitative estimate of drug-likeness (QED) is 0.756. The number of carbonyl (C=O) groups is 1. The summed E-state index contributed by atoms with van der Waals surface area (Å²) in [7, 11) is 0. The van der Waals surface area contributed by atoms with E-state index in [1.165, 1.54) is 12.1 Å². The lowest BCUT2D eigenvalue weighted by Gasteiger charge is -2.23. The fourth-order valence-corrected chi connectivity index (χ4v) is 2.62. The van der Waals surface area contributed by atoms with Gasteiger partial charge in [-0.2, -0.15) is 13.2 Å². The van der Waals surface area contributed by atoms with E-state index in [1.54, 1.807) is 10.2 Å². The molecule has 2 fully saturated rings. The van der Waals surface area contributed by atoms with Gasteiger partial charge in [0.1, 0.15) is 18.7 Å². The summed E-state index contributed by atoms with van der Waals surface area (Å²) in [4.78, 5) is 17.5. The first kappa shape index (κ1) is 18.6. The highest BCUT2D eigenvalue weighted by Gasteiger charge is 2.40. The first-order valence-corrected chi connectivity index (χ1v) is 7.66. The lowest BCUT2D eigenvalue weighted by Crippen LogP contribution is -2.41. The van der Waals surface area contributed by atoms with Crippen molar-refractivity contribution in [1.82, 2.24) is 10.7 Å². The molecule has 3 rings (SSSR count). The van der Waals surface area contributed by atoms with Crippen LogP contribution in [0.3, 0.4) is 0 Å². The van der Waals surface area contributed by atoms with Crippen LogP contribution in [0.25, 0.3) is 0 Å². The van der Waals surface area contributed by atoms with E-state index in [-0.39, 0.29) is 19.0 Å². The van der Waals surface area contributed by atoms with Gasteiger partial charge in [0.05, 0.1) is 24.5 Å². The first-order valence-electron chi connectivity index (χ1n) is 7.66. The van der Waals surface area contributed by atoms with Gasteiger partial charge in [-0.05, 0) is 12.1 Å². The molecular weight excluding hydrogens is 364 g/mol. The Morgan fingerprint density at radius 1 is 1.38 bits per heavy atom. The maximum Gasteiger partial charge on any atom is 0.471 e. The molecule has 26 heavy (non-hydrogen) atoms. The third-order valence-electron chi connectivity index (χ3n) is 3.90. The number of ether oxygens (including phenoxy) is 1. The number of anilines is 2. The second-order valence-electron chi connectivity index (χ2n) is 5.71. The Hall–Kier alpha value is -2.15. The van der Waals surface area contributed by atoms with Gasteiger partial charge in [-0.1, -0.05) is 0 Å². The van der Waals surface area contributed by atoms with Crippen molar-refractivity contribution in [2.75, 3.05) is 42.9 Å². The summed E-state index contributed by atoms with van der Waals surface area (Å²) in [6.45, 7) is 0.765. The van der Waals surface area contributed by atoms with Crippen LogP contribution < -0.4 is 15.2 Å². The lowest BCUT2D eigenvalue weighted by molar-refractivity contribution is -0.330. The largest absolute Gasteiger partial charge is 0.471 e. The maximum atomic E-state index is 14.3. The van der Waals surface area contributed by atoms with Gasteiger partial charge in [-0.15, -0.1) is 0 Å². The SMILES string of the molecule is O=C(NC[C@H]1CN(c2ccc(N3CCOC3)c(F)c2)N(O)O1)C(F)(F)F. The van der Waals surface area contributed by atoms with Crippen LogP contribution in [-0.2, 0) is 14.4 Å². The van der Waals surface area contributed by atoms with Gasteiger partial charge in [0.25, 0.3) is 0 Å². The van der Waals surface area contributed by atoms with E-state index in [1.807, 2.05) is 0 Å². The monoisotopic (exact) mass is 380 g/mol. The van der Waals surface area contributed by atoms with Gasteiger partial charge >= 0.3 is 12.1 Å². The van der Waals surface area contributed by atoms with E-state index in [0.717, 1.165) is 11.1 Å².